The van der Waals surface area contributed by atoms with Crippen molar-refractivity contribution in [2.24, 2.45) is 5.92 Å². The summed E-state index contributed by atoms with van der Waals surface area (Å²) in [6, 6.07) is 15.6. The molecule has 0 saturated carbocycles. The summed E-state index contributed by atoms with van der Waals surface area (Å²) in [7, 11) is 0. The van der Waals surface area contributed by atoms with Crippen LogP contribution in [0.2, 0.25) is 10.0 Å². The van der Waals surface area contributed by atoms with Crippen LogP contribution in [0, 0.1) is 5.92 Å². The van der Waals surface area contributed by atoms with Crippen LogP contribution in [0.4, 0.5) is 24.5 Å². The minimum Gasteiger partial charge on any atom is -0.324 e. The standard InChI is InChI=1S/C29H17BrCl2F3N3O4S2/c30-15-5-1-3-13(9-15)21-22-23(26(41)38(25(22)40)17-6-2-4-14(10-17)29(33,34)35)43-27-24(21)44-28(42)37(27)12-20(39)36-16-7-8-18(31)19(32)11-16/h1-11,21-23H,12H2,(H,36,39). The molecule has 6 rings (SSSR count). The number of hydrogen-bond acceptors (Lipinski definition) is 6. The lowest BCUT2D eigenvalue weighted by Gasteiger charge is -2.30. The second kappa shape index (κ2) is 11.7. The summed E-state index contributed by atoms with van der Waals surface area (Å²) in [5, 5.41) is 2.46. The van der Waals surface area contributed by atoms with Crippen LogP contribution in [0.3, 0.4) is 0 Å². The van der Waals surface area contributed by atoms with Crippen LogP contribution in [0.15, 0.2) is 81.0 Å². The molecule has 1 aromatic heterocycles. The van der Waals surface area contributed by atoms with Crippen molar-refractivity contribution >= 4 is 91.3 Å². The van der Waals surface area contributed by atoms with E-state index in [1.807, 2.05) is 0 Å². The molecule has 7 nitrogen and oxygen atoms in total. The van der Waals surface area contributed by atoms with Gasteiger partial charge in [-0.05, 0) is 54.1 Å². The molecule has 3 unspecified atom stereocenters. The summed E-state index contributed by atoms with van der Waals surface area (Å²) < 4.78 is 42.4. The van der Waals surface area contributed by atoms with Crippen molar-refractivity contribution in [3.8, 4) is 0 Å². The quantitative estimate of drug-likeness (QED) is 0.215. The minimum absolute atomic E-state index is 0.195. The molecule has 1 fully saturated rings. The molecule has 3 atom stereocenters. The first-order valence-electron chi connectivity index (χ1n) is 12.8. The molecule has 2 aliphatic heterocycles. The molecule has 4 aromatic rings. The van der Waals surface area contributed by atoms with Gasteiger partial charge in [0.2, 0.25) is 17.7 Å². The third-order valence-corrected chi connectivity index (χ3v) is 11.0. The Balaban J connectivity index is 1.40. The minimum atomic E-state index is -4.68. The summed E-state index contributed by atoms with van der Waals surface area (Å²) in [5.41, 5.74) is -0.214. The molecular formula is C29H17BrCl2F3N3O4S2. The number of carbonyl (C=O) groups is 3. The number of carbonyl (C=O) groups excluding carboxylic acids is 3. The number of benzene rings is 3. The van der Waals surface area contributed by atoms with Crippen LogP contribution in [0.25, 0.3) is 0 Å². The second-order valence-electron chi connectivity index (χ2n) is 9.96. The number of anilines is 2. The van der Waals surface area contributed by atoms with Gasteiger partial charge in [-0.25, -0.2) is 4.90 Å². The number of halogens is 6. The molecule has 2 aliphatic rings. The molecule has 1 N–H and O–H groups in total. The van der Waals surface area contributed by atoms with E-state index < -0.39 is 58.0 Å². The highest BCUT2D eigenvalue weighted by Crippen LogP contribution is 2.54. The molecule has 3 amide bonds. The topological polar surface area (TPSA) is 88.5 Å². The predicted octanol–water partition coefficient (Wildman–Crippen LogP) is 7.43. The van der Waals surface area contributed by atoms with Gasteiger partial charge in [0, 0.05) is 21.0 Å². The van der Waals surface area contributed by atoms with Crippen molar-refractivity contribution in [1.29, 1.82) is 0 Å². The Morgan fingerprint density at radius 1 is 0.955 bits per heavy atom. The number of nitrogens with one attached hydrogen (secondary N) is 1. The number of nitrogens with zero attached hydrogens (tertiary/aromatic N) is 2. The highest BCUT2D eigenvalue weighted by atomic mass is 79.9. The maximum absolute atomic E-state index is 13.9. The van der Waals surface area contributed by atoms with E-state index in [9.17, 15) is 32.3 Å². The molecule has 3 aromatic carbocycles. The molecule has 0 aliphatic carbocycles. The number of fused-ring (bicyclic) bond motifs is 2. The molecule has 1 saturated heterocycles. The van der Waals surface area contributed by atoms with Crippen molar-refractivity contribution in [2.45, 2.75) is 28.9 Å². The molecular weight excluding hydrogens is 726 g/mol. The Kier molecular flexibility index (Phi) is 8.20. The number of imide groups is 1. The first-order chi connectivity index (χ1) is 20.8. The molecule has 0 radical (unpaired) electrons. The summed E-state index contributed by atoms with van der Waals surface area (Å²) in [4.78, 5) is 54.9. The Morgan fingerprint density at radius 3 is 2.41 bits per heavy atom. The van der Waals surface area contributed by atoms with Crippen molar-refractivity contribution < 1.29 is 27.6 Å². The first kappa shape index (κ1) is 30.9. The van der Waals surface area contributed by atoms with Gasteiger partial charge in [-0.3, -0.25) is 23.7 Å². The zero-order chi connectivity index (χ0) is 31.5. The number of aromatic nitrogens is 1. The van der Waals surface area contributed by atoms with Gasteiger partial charge in [0.05, 0.1) is 32.2 Å². The number of rotatable bonds is 5. The average Bonchev–Trinajstić information content (AvgIpc) is 3.40. The Labute approximate surface area is 274 Å². The van der Waals surface area contributed by atoms with E-state index in [1.54, 1.807) is 30.3 Å². The first-order valence-corrected chi connectivity index (χ1v) is 16.0. The third kappa shape index (κ3) is 5.60. The maximum atomic E-state index is 13.9. The predicted molar refractivity (Wildman–Crippen MR) is 167 cm³/mol. The molecule has 0 spiro atoms. The Morgan fingerprint density at radius 2 is 1.70 bits per heavy atom. The fourth-order valence-electron chi connectivity index (χ4n) is 5.31. The number of hydrogen-bond donors (Lipinski definition) is 1. The van der Waals surface area contributed by atoms with E-state index in [2.05, 4.69) is 21.2 Å². The number of amides is 3. The van der Waals surface area contributed by atoms with Gasteiger partial charge in [0.25, 0.3) is 0 Å². The monoisotopic (exact) mass is 741 g/mol. The summed E-state index contributed by atoms with van der Waals surface area (Å²) in [6.07, 6.45) is -4.68. The summed E-state index contributed by atoms with van der Waals surface area (Å²) in [6.45, 7) is -0.403. The van der Waals surface area contributed by atoms with Crippen molar-refractivity contribution in [2.75, 3.05) is 10.2 Å². The molecule has 3 heterocycles. The molecule has 226 valence electrons. The van der Waals surface area contributed by atoms with Crippen LogP contribution < -0.4 is 15.1 Å². The molecule has 44 heavy (non-hydrogen) atoms. The van der Waals surface area contributed by atoms with Crippen LogP contribution in [0.5, 0.6) is 0 Å². The second-order valence-corrected chi connectivity index (χ2v) is 13.8. The van der Waals surface area contributed by atoms with Crippen molar-refractivity contribution in [3.05, 3.63) is 107 Å². The van der Waals surface area contributed by atoms with E-state index in [0.29, 0.717) is 30.6 Å². The average molecular weight is 743 g/mol. The summed E-state index contributed by atoms with van der Waals surface area (Å²) >= 11 is 17.2. The number of thioether (sulfide) groups is 1. The lowest BCUT2D eigenvalue weighted by molar-refractivity contribution is -0.137. The largest absolute Gasteiger partial charge is 0.416 e. The normalized spacial score (nSPS) is 19.6. The van der Waals surface area contributed by atoms with Gasteiger partial charge in [-0.2, -0.15) is 13.2 Å². The Hall–Kier alpha value is -3.10. The van der Waals surface area contributed by atoms with E-state index in [-0.39, 0.29) is 10.7 Å². The van der Waals surface area contributed by atoms with Gasteiger partial charge in [0.1, 0.15) is 11.8 Å². The van der Waals surface area contributed by atoms with Crippen LogP contribution in [0.1, 0.15) is 21.9 Å². The van der Waals surface area contributed by atoms with Gasteiger partial charge < -0.3 is 5.32 Å². The Bertz CT molecular complexity index is 1920. The maximum Gasteiger partial charge on any atom is 0.416 e. The fraction of sp³-hybridized carbons (Fsp3) is 0.172. The fourth-order valence-corrected chi connectivity index (χ4v) is 8.80. The van der Waals surface area contributed by atoms with Crippen molar-refractivity contribution in [1.82, 2.24) is 4.57 Å². The lowest BCUT2D eigenvalue weighted by Crippen LogP contribution is -2.33. The van der Waals surface area contributed by atoms with Gasteiger partial charge in [-0.1, -0.05) is 80.4 Å². The number of alkyl halides is 3. The van der Waals surface area contributed by atoms with E-state index in [1.165, 1.54) is 22.8 Å². The van der Waals surface area contributed by atoms with E-state index in [4.69, 9.17) is 23.2 Å². The highest BCUT2D eigenvalue weighted by molar-refractivity contribution is 9.10. The van der Waals surface area contributed by atoms with E-state index >= 15 is 0 Å². The van der Waals surface area contributed by atoms with Gasteiger partial charge in [0.15, 0.2) is 0 Å². The SMILES string of the molecule is O=C(Cn1c2c(sc1=O)C(c1cccc(Br)c1)C1C(=O)N(c3cccc(C(F)(F)F)c3)C(=O)C1S2)Nc1ccc(Cl)c(Cl)c1. The van der Waals surface area contributed by atoms with Gasteiger partial charge in [-0.15, -0.1) is 0 Å². The van der Waals surface area contributed by atoms with Crippen LogP contribution in [-0.2, 0) is 27.1 Å². The summed E-state index contributed by atoms with van der Waals surface area (Å²) in [5.74, 6) is -3.72. The number of thiazole rings is 1. The smallest absolute Gasteiger partial charge is 0.324 e. The highest BCUT2D eigenvalue weighted by Gasteiger charge is 2.57. The molecule has 0 bridgehead atoms. The lowest BCUT2D eigenvalue weighted by atomic mass is 9.83. The zero-order valence-electron chi connectivity index (χ0n) is 21.9. The third-order valence-electron chi connectivity index (χ3n) is 7.19. The zero-order valence-corrected chi connectivity index (χ0v) is 26.6. The molecule has 15 heteroatoms. The van der Waals surface area contributed by atoms with E-state index in [0.717, 1.165) is 46.2 Å². The van der Waals surface area contributed by atoms with Crippen LogP contribution >= 0.6 is 62.2 Å². The van der Waals surface area contributed by atoms with Crippen molar-refractivity contribution in [3.63, 3.8) is 0 Å². The van der Waals surface area contributed by atoms with Crippen LogP contribution in [-0.4, -0.2) is 27.5 Å². The van der Waals surface area contributed by atoms with Gasteiger partial charge >= 0.3 is 11.0 Å².